The van der Waals surface area contributed by atoms with E-state index in [-0.39, 0.29) is 18.6 Å². The first-order valence-electron chi connectivity index (χ1n) is 4.85. The van der Waals surface area contributed by atoms with E-state index in [0.29, 0.717) is 6.54 Å². The molecule has 0 heterocycles. The quantitative estimate of drug-likeness (QED) is 0.629. The van der Waals surface area contributed by atoms with Gasteiger partial charge in [-0.05, 0) is 24.7 Å². The summed E-state index contributed by atoms with van der Waals surface area (Å²) in [6.45, 7) is 4.46. The van der Waals surface area contributed by atoms with Crippen LogP contribution in [0.5, 0.6) is 0 Å². The number of carbonyl (C=O) groups excluding carboxylic acids is 1. The van der Waals surface area contributed by atoms with Gasteiger partial charge in [-0.3, -0.25) is 0 Å². The Morgan fingerprint density at radius 2 is 2.36 bits per heavy atom. The highest BCUT2D eigenvalue weighted by molar-refractivity contribution is 5.67. The first-order valence-corrected chi connectivity index (χ1v) is 4.85. The Hall–Kier alpha value is -1.03. The van der Waals surface area contributed by atoms with Gasteiger partial charge in [0.2, 0.25) is 0 Å². The molecule has 14 heavy (non-hydrogen) atoms. The second-order valence-electron chi connectivity index (χ2n) is 3.71. The number of hydrogen-bond acceptors (Lipinski definition) is 3. The largest absolute Gasteiger partial charge is 0.445 e. The zero-order chi connectivity index (χ0) is 10.4. The van der Waals surface area contributed by atoms with E-state index < -0.39 is 6.09 Å². The molecule has 2 N–H and O–H groups in total. The minimum Gasteiger partial charge on any atom is -0.445 e. The molecular formula is C10H17NO3. The van der Waals surface area contributed by atoms with Crippen LogP contribution in [0, 0.1) is 5.41 Å². The van der Waals surface area contributed by atoms with Gasteiger partial charge in [-0.1, -0.05) is 12.7 Å². The monoisotopic (exact) mass is 199 g/mol. The summed E-state index contributed by atoms with van der Waals surface area (Å²) in [6, 6.07) is 0. The fourth-order valence-corrected chi connectivity index (χ4v) is 1.37. The molecular weight excluding hydrogens is 182 g/mol. The number of amides is 1. The molecule has 0 aromatic heterocycles. The van der Waals surface area contributed by atoms with Crippen molar-refractivity contribution in [3.63, 3.8) is 0 Å². The second kappa shape index (κ2) is 5.00. The molecule has 1 saturated carbocycles. The highest BCUT2D eigenvalue weighted by Gasteiger charge is 2.41. The molecule has 0 spiro atoms. The third kappa shape index (κ3) is 3.38. The molecule has 0 bridgehead atoms. The average Bonchev–Trinajstić information content (AvgIpc) is 2.93. The van der Waals surface area contributed by atoms with Crippen LogP contribution in [0.25, 0.3) is 0 Å². The molecule has 1 aliphatic carbocycles. The van der Waals surface area contributed by atoms with Crippen molar-refractivity contribution in [2.24, 2.45) is 5.41 Å². The van der Waals surface area contributed by atoms with Crippen molar-refractivity contribution in [3.05, 3.63) is 12.7 Å². The lowest BCUT2D eigenvalue weighted by molar-refractivity contribution is 0.154. The van der Waals surface area contributed by atoms with Crippen LogP contribution in [-0.2, 0) is 4.74 Å². The van der Waals surface area contributed by atoms with Crippen molar-refractivity contribution in [3.8, 4) is 0 Å². The maximum Gasteiger partial charge on any atom is 0.407 e. The maximum atomic E-state index is 11.0. The fourth-order valence-electron chi connectivity index (χ4n) is 1.37. The molecule has 0 aromatic rings. The number of ether oxygens (including phenoxy) is 1. The second-order valence-corrected chi connectivity index (χ2v) is 3.71. The van der Waals surface area contributed by atoms with Crippen molar-refractivity contribution in [1.82, 2.24) is 5.32 Å². The lowest BCUT2D eigenvalue weighted by atomic mass is 10.0. The van der Waals surface area contributed by atoms with E-state index in [2.05, 4.69) is 11.9 Å². The standard InChI is InChI=1S/C10H17NO3/c1-2-7-14-9(13)11-8-10(3-4-10)5-6-12/h2,12H,1,3-8H2,(H,11,13). The predicted octanol–water partition coefficient (Wildman–Crippen LogP) is 1.06. The number of aliphatic hydroxyl groups excluding tert-OH is 1. The number of aliphatic hydroxyl groups is 1. The molecule has 0 atom stereocenters. The molecule has 1 rings (SSSR count). The zero-order valence-corrected chi connectivity index (χ0v) is 8.29. The smallest absolute Gasteiger partial charge is 0.407 e. The zero-order valence-electron chi connectivity index (χ0n) is 8.29. The van der Waals surface area contributed by atoms with E-state index in [4.69, 9.17) is 9.84 Å². The normalized spacial score (nSPS) is 17.2. The summed E-state index contributed by atoms with van der Waals surface area (Å²) >= 11 is 0. The minimum atomic E-state index is -0.408. The fraction of sp³-hybridized carbons (Fsp3) is 0.700. The molecule has 0 unspecified atom stereocenters. The molecule has 4 heteroatoms. The highest BCUT2D eigenvalue weighted by Crippen LogP contribution is 2.47. The molecule has 4 nitrogen and oxygen atoms in total. The summed E-state index contributed by atoms with van der Waals surface area (Å²) in [5.74, 6) is 0. The summed E-state index contributed by atoms with van der Waals surface area (Å²) in [6.07, 6.45) is 4.04. The Morgan fingerprint density at radius 3 is 2.86 bits per heavy atom. The van der Waals surface area contributed by atoms with Gasteiger partial charge in [0.05, 0.1) is 0 Å². The summed E-state index contributed by atoms with van der Waals surface area (Å²) in [4.78, 5) is 11.0. The van der Waals surface area contributed by atoms with Gasteiger partial charge in [-0.15, -0.1) is 0 Å². The Bertz CT molecular complexity index is 211. The molecule has 1 aliphatic rings. The first-order chi connectivity index (χ1) is 6.72. The topological polar surface area (TPSA) is 58.6 Å². The highest BCUT2D eigenvalue weighted by atomic mass is 16.5. The summed E-state index contributed by atoms with van der Waals surface area (Å²) < 4.78 is 4.76. The minimum absolute atomic E-state index is 0.141. The van der Waals surface area contributed by atoms with Crippen LogP contribution >= 0.6 is 0 Å². The number of rotatable bonds is 6. The molecule has 80 valence electrons. The molecule has 1 amide bonds. The van der Waals surface area contributed by atoms with E-state index in [0.717, 1.165) is 19.3 Å². The van der Waals surface area contributed by atoms with Gasteiger partial charge >= 0.3 is 6.09 Å². The van der Waals surface area contributed by atoms with Crippen LogP contribution in [0.3, 0.4) is 0 Å². The third-order valence-corrected chi connectivity index (χ3v) is 2.54. The van der Waals surface area contributed by atoms with Crippen molar-refractivity contribution in [2.45, 2.75) is 19.3 Å². The molecule has 0 saturated heterocycles. The van der Waals surface area contributed by atoms with Crippen molar-refractivity contribution in [1.29, 1.82) is 0 Å². The van der Waals surface area contributed by atoms with Crippen LogP contribution in [0.15, 0.2) is 12.7 Å². The average molecular weight is 199 g/mol. The molecule has 0 aromatic carbocycles. The van der Waals surface area contributed by atoms with Gasteiger partial charge in [-0.2, -0.15) is 0 Å². The van der Waals surface area contributed by atoms with E-state index in [1.807, 2.05) is 0 Å². The molecule has 0 radical (unpaired) electrons. The summed E-state index contributed by atoms with van der Waals surface area (Å²) in [7, 11) is 0. The third-order valence-electron chi connectivity index (χ3n) is 2.54. The van der Waals surface area contributed by atoms with Crippen LogP contribution < -0.4 is 5.32 Å². The van der Waals surface area contributed by atoms with E-state index >= 15 is 0 Å². The van der Waals surface area contributed by atoms with Gasteiger partial charge in [0.15, 0.2) is 0 Å². The number of nitrogens with one attached hydrogen (secondary N) is 1. The van der Waals surface area contributed by atoms with Crippen molar-refractivity contribution < 1.29 is 14.6 Å². The number of hydrogen-bond donors (Lipinski definition) is 2. The molecule has 0 aliphatic heterocycles. The maximum absolute atomic E-state index is 11.0. The van der Waals surface area contributed by atoms with Gasteiger partial charge in [0.1, 0.15) is 6.61 Å². The lowest BCUT2D eigenvalue weighted by Gasteiger charge is -2.13. The van der Waals surface area contributed by atoms with Crippen molar-refractivity contribution in [2.75, 3.05) is 19.8 Å². The van der Waals surface area contributed by atoms with E-state index in [1.54, 1.807) is 0 Å². The van der Waals surface area contributed by atoms with Crippen LogP contribution in [-0.4, -0.2) is 31.0 Å². The van der Waals surface area contributed by atoms with Crippen molar-refractivity contribution >= 4 is 6.09 Å². The molecule has 1 fully saturated rings. The Balaban J connectivity index is 2.13. The number of alkyl carbamates (subject to hydrolysis) is 1. The van der Waals surface area contributed by atoms with Crippen LogP contribution in [0.2, 0.25) is 0 Å². The summed E-state index contributed by atoms with van der Waals surface area (Å²) in [5, 5.41) is 11.5. The lowest BCUT2D eigenvalue weighted by Crippen LogP contribution is -2.31. The SMILES string of the molecule is C=CCOC(=O)NCC1(CCO)CC1. The predicted molar refractivity (Wildman–Crippen MR) is 52.9 cm³/mol. The number of carbonyl (C=O) groups is 1. The van der Waals surface area contributed by atoms with E-state index in [9.17, 15) is 4.79 Å². The van der Waals surface area contributed by atoms with Gasteiger partial charge < -0.3 is 15.2 Å². The van der Waals surface area contributed by atoms with Gasteiger partial charge in [-0.25, -0.2) is 4.79 Å². The van der Waals surface area contributed by atoms with Gasteiger partial charge in [0, 0.05) is 13.2 Å². The van der Waals surface area contributed by atoms with Crippen LogP contribution in [0.4, 0.5) is 4.79 Å². The Labute approximate surface area is 83.9 Å². The Morgan fingerprint density at radius 1 is 1.64 bits per heavy atom. The van der Waals surface area contributed by atoms with Crippen LogP contribution in [0.1, 0.15) is 19.3 Å². The van der Waals surface area contributed by atoms with Gasteiger partial charge in [0.25, 0.3) is 0 Å². The van der Waals surface area contributed by atoms with E-state index in [1.165, 1.54) is 6.08 Å². The Kier molecular flexibility index (Phi) is 3.95. The summed E-state index contributed by atoms with van der Waals surface area (Å²) in [5.41, 5.74) is 0.141. The first kappa shape index (κ1) is 11.0.